The molecule has 4 nitrogen and oxygen atoms in total. The molecule has 0 N–H and O–H groups in total. The molecule has 3 rings (SSSR count). The van der Waals surface area contributed by atoms with Crippen LogP contribution in [-0.2, 0) is 6.54 Å². The summed E-state index contributed by atoms with van der Waals surface area (Å²) in [5.74, 6) is 2.55. The molecule has 128 valence electrons. The molecule has 1 fully saturated rings. The number of likely N-dealkylation sites (tertiary alicyclic amines) is 1. The Kier molecular flexibility index (Phi) is 5.46. The van der Waals surface area contributed by atoms with Gasteiger partial charge in [-0.25, -0.2) is 4.98 Å². The van der Waals surface area contributed by atoms with Crippen molar-refractivity contribution in [1.29, 1.82) is 0 Å². The van der Waals surface area contributed by atoms with Gasteiger partial charge in [0, 0.05) is 30.4 Å². The van der Waals surface area contributed by atoms with Gasteiger partial charge in [0.15, 0.2) is 5.78 Å². The molecule has 4 heteroatoms. The Morgan fingerprint density at radius 1 is 1.21 bits per heavy atom. The highest BCUT2D eigenvalue weighted by Gasteiger charge is 2.22. The molecule has 0 amide bonds. The molecule has 0 spiro atoms. The Bertz CT molecular complexity index is 655. The van der Waals surface area contributed by atoms with Crippen molar-refractivity contribution in [2.24, 2.45) is 5.92 Å². The molecular weight excluding hydrogens is 298 g/mol. The van der Waals surface area contributed by atoms with Gasteiger partial charge in [-0.05, 0) is 31.8 Å². The number of carbonyl (C=O) groups is 1. The number of hydrogen-bond acceptors (Lipinski definition) is 3. The first-order valence-corrected chi connectivity index (χ1v) is 8.95. The quantitative estimate of drug-likeness (QED) is 0.762. The van der Waals surface area contributed by atoms with Gasteiger partial charge in [-0.2, -0.15) is 0 Å². The first kappa shape index (κ1) is 16.9. The van der Waals surface area contributed by atoms with E-state index in [9.17, 15) is 4.79 Å². The zero-order valence-electron chi connectivity index (χ0n) is 14.7. The van der Waals surface area contributed by atoms with E-state index in [4.69, 9.17) is 0 Å². The topological polar surface area (TPSA) is 38.1 Å². The van der Waals surface area contributed by atoms with Crippen LogP contribution < -0.4 is 0 Å². The van der Waals surface area contributed by atoms with Crippen LogP contribution in [0.2, 0.25) is 0 Å². The maximum atomic E-state index is 12.3. The third-order valence-electron chi connectivity index (χ3n) is 4.89. The van der Waals surface area contributed by atoms with E-state index in [-0.39, 0.29) is 5.78 Å². The second-order valence-electron chi connectivity index (χ2n) is 7.10. The van der Waals surface area contributed by atoms with Crippen LogP contribution in [0.15, 0.2) is 42.7 Å². The molecule has 0 bridgehead atoms. The summed E-state index contributed by atoms with van der Waals surface area (Å²) in [6, 6.07) is 9.61. The van der Waals surface area contributed by atoms with Crippen molar-refractivity contribution in [2.45, 2.75) is 39.2 Å². The number of aromatic nitrogens is 2. The highest BCUT2D eigenvalue weighted by atomic mass is 16.1. The third-order valence-corrected chi connectivity index (χ3v) is 4.89. The first-order valence-electron chi connectivity index (χ1n) is 8.95. The minimum Gasteiger partial charge on any atom is -0.334 e. The number of Topliss-reactive ketones (excluding diaryl/α,β-unsaturated/α-hetero) is 1. The maximum absolute atomic E-state index is 12.3. The van der Waals surface area contributed by atoms with Gasteiger partial charge < -0.3 is 4.57 Å². The smallest absolute Gasteiger partial charge is 0.176 e. The van der Waals surface area contributed by atoms with Crippen LogP contribution in [0.25, 0.3) is 0 Å². The zero-order chi connectivity index (χ0) is 16.9. The number of imidazole rings is 1. The minimum atomic E-state index is 0.228. The van der Waals surface area contributed by atoms with Crippen LogP contribution >= 0.6 is 0 Å². The van der Waals surface area contributed by atoms with E-state index in [1.807, 2.05) is 36.5 Å². The number of piperidine rings is 1. The number of nitrogens with zero attached hydrogens (tertiary/aromatic N) is 3. The van der Waals surface area contributed by atoms with Crippen molar-refractivity contribution in [3.63, 3.8) is 0 Å². The van der Waals surface area contributed by atoms with Gasteiger partial charge in [0.1, 0.15) is 5.82 Å². The number of rotatable bonds is 6. The number of carbonyl (C=O) groups excluding carboxylic acids is 1. The summed E-state index contributed by atoms with van der Waals surface area (Å²) >= 11 is 0. The molecule has 1 saturated heterocycles. The molecule has 2 aromatic rings. The maximum Gasteiger partial charge on any atom is 0.176 e. The summed E-state index contributed by atoms with van der Waals surface area (Å²) < 4.78 is 2.31. The molecule has 0 aliphatic carbocycles. The van der Waals surface area contributed by atoms with Crippen molar-refractivity contribution < 1.29 is 4.79 Å². The zero-order valence-corrected chi connectivity index (χ0v) is 14.7. The molecule has 0 saturated carbocycles. The van der Waals surface area contributed by atoms with Gasteiger partial charge in [0.05, 0.1) is 6.54 Å². The van der Waals surface area contributed by atoms with E-state index in [0.717, 1.165) is 38.0 Å². The Labute approximate surface area is 144 Å². The average Bonchev–Trinajstić information content (AvgIpc) is 3.06. The average molecular weight is 325 g/mol. The number of hydrogen-bond donors (Lipinski definition) is 0. The lowest BCUT2D eigenvalue weighted by atomic mass is 9.96. The summed E-state index contributed by atoms with van der Waals surface area (Å²) in [6.45, 7) is 7.99. The van der Waals surface area contributed by atoms with Crippen molar-refractivity contribution in [3.05, 3.63) is 54.1 Å². The third kappa shape index (κ3) is 4.12. The molecule has 0 atom stereocenters. The number of benzene rings is 1. The molecule has 0 unspecified atom stereocenters. The second kappa shape index (κ2) is 7.75. The fourth-order valence-corrected chi connectivity index (χ4v) is 3.50. The predicted molar refractivity (Wildman–Crippen MR) is 96.3 cm³/mol. The fourth-order valence-electron chi connectivity index (χ4n) is 3.50. The summed E-state index contributed by atoms with van der Waals surface area (Å²) in [5, 5.41) is 0. The molecule has 0 radical (unpaired) electrons. The van der Waals surface area contributed by atoms with Crippen molar-refractivity contribution >= 4 is 5.78 Å². The van der Waals surface area contributed by atoms with Crippen molar-refractivity contribution in [1.82, 2.24) is 14.5 Å². The molecule has 24 heavy (non-hydrogen) atoms. The molecular formula is C20H27N3O. The molecule has 1 aliphatic rings. The predicted octanol–water partition coefficient (Wildman–Crippen LogP) is 3.60. The highest BCUT2D eigenvalue weighted by Crippen LogP contribution is 2.22. The van der Waals surface area contributed by atoms with Crippen molar-refractivity contribution in [3.8, 4) is 0 Å². The van der Waals surface area contributed by atoms with E-state index in [2.05, 4.69) is 34.5 Å². The number of ketones is 1. The van der Waals surface area contributed by atoms with E-state index in [1.165, 1.54) is 5.82 Å². The normalized spacial score (nSPS) is 16.6. The standard InChI is InChI=1S/C20H27N3O/c1-16(2)20-21-10-13-23(20)14-17-8-11-22(12-9-17)15-19(24)18-6-4-3-5-7-18/h3-7,10,13,16-17H,8-9,11-12,14-15H2,1-2H3. The molecule has 2 heterocycles. The Morgan fingerprint density at radius 2 is 1.92 bits per heavy atom. The Morgan fingerprint density at radius 3 is 2.58 bits per heavy atom. The van der Waals surface area contributed by atoms with E-state index >= 15 is 0 Å². The van der Waals surface area contributed by atoms with Crippen LogP contribution in [0.3, 0.4) is 0 Å². The second-order valence-corrected chi connectivity index (χ2v) is 7.10. The lowest BCUT2D eigenvalue weighted by molar-refractivity contribution is 0.0890. The molecule has 1 aromatic carbocycles. The van der Waals surface area contributed by atoms with E-state index in [0.29, 0.717) is 18.4 Å². The lowest BCUT2D eigenvalue weighted by Gasteiger charge is -2.32. The first-order chi connectivity index (χ1) is 11.6. The van der Waals surface area contributed by atoms with Crippen LogP contribution in [0.4, 0.5) is 0 Å². The molecule has 1 aromatic heterocycles. The van der Waals surface area contributed by atoms with Gasteiger partial charge in [0.25, 0.3) is 0 Å². The largest absolute Gasteiger partial charge is 0.334 e. The Hall–Kier alpha value is -1.94. The summed E-state index contributed by atoms with van der Waals surface area (Å²) in [4.78, 5) is 19.1. The highest BCUT2D eigenvalue weighted by molar-refractivity contribution is 5.97. The van der Waals surface area contributed by atoms with Crippen molar-refractivity contribution in [2.75, 3.05) is 19.6 Å². The van der Waals surface area contributed by atoms with Gasteiger partial charge >= 0.3 is 0 Å². The van der Waals surface area contributed by atoms with Crippen LogP contribution in [0.5, 0.6) is 0 Å². The Balaban J connectivity index is 1.49. The van der Waals surface area contributed by atoms with E-state index in [1.54, 1.807) is 0 Å². The monoisotopic (exact) mass is 325 g/mol. The summed E-state index contributed by atoms with van der Waals surface area (Å²) in [6.07, 6.45) is 6.30. The van der Waals surface area contributed by atoms with E-state index < -0.39 is 0 Å². The van der Waals surface area contributed by atoms with Crippen LogP contribution in [0.1, 0.15) is 48.8 Å². The summed E-state index contributed by atoms with van der Waals surface area (Å²) in [5.41, 5.74) is 0.819. The van der Waals surface area contributed by atoms with Gasteiger partial charge in [0.2, 0.25) is 0 Å². The minimum absolute atomic E-state index is 0.228. The van der Waals surface area contributed by atoms with Gasteiger partial charge in [-0.3, -0.25) is 9.69 Å². The van der Waals surface area contributed by atoms with Crippen LogP contribution in [-0.4, -0.2) is 39.9 Å². The SMILES string of the molecule is CC(C)c1nccn1CC1CCN(CC(=O)c2ccccc2)CC1. The fraction of sp³-hybridized carbons (Fsp3) is 0.500. The van der Waals surface area contributed by atoms with Gasteiger partial charge in [-0.15, -0.1) is 0 Å². The lowest BCUT2D eigenvalue weighted by Crippen LogP contribution is -2.38. The molecule has 1 aliphatic heterocycles. The van der Waals surface area contributed by atoms with Gasteiger partial charge in [-0.1, -0.05) is 44.2 Å². The summed E-state index contributed by atoms with van der Waals surface area (Å²) in [7, 11) is 0. The van der Waals surface area contributed by atoms with Crippen LogP contribution in [0, 0.1) is 5.92 Å².